The first-order chi connectivity index (χ1) is 15.8. The molecule has 0 spiro atoms. The molecule has 0 N–H and O–H groups in total. The van der Waals surface area contributed by atoms with Crippen LogP contribution in [-0.2, 0) is 14.8 Å². The molecule has 9 heteroatoms. The summed E-state index contributed by atoms with van der Waals surface area (Å²) in [5.74, 6) is -0.0263. The molecule has 0 radical (unpaired) electrons. The van der Waals surface area contributed by atoms with Crippen molar-refractivity contribution < 1.29 is 18.0 Å². The van der Waals surface area contributed by atoms with Gasteiger partial charge < -0.3 is 9.80 Å². The van der Waals surface area contributed by atoms with Crippen molar-refractivity contribution in [2.45, 2.75) is 37.5 Å². The number of amides is 2. The van der Waals surface area contributed by atoms with Crippen LogP contribution in [0.2, 0.25) is 0 Å². The summed E-state index contributed by atoms with van der Waals surface area (Å²) in [7, 11) is -3.53. The van der Waals surface area contributed by atoms with E-state index in [2.05, 4.69) is 0 Å². The van der Waals surface area contributed by atoms with Crippen LogP contribution in [0.3, 0.4) is 0 Å². The summed E-state index contributed by atoms with van der Waals surface area (Å²) in [6.45, 7) is 6.29. The van der Waals surface area contributed by atoms with Crippen LogP contribution < -0.4 is 0 Å². The molecule has 2 saturated heterocycles. The van der Waals surface area contributed by atoms with Crippen molar-refractivity contribution in [3.8, 4) is 0 Å². The van der Waals surface area contributed by atoms with E-state index in [1.165, 1.54) is 4.31 Å². The smallest absolute Gasteiger partial charge is 0.255 e. The molecule has 4 rings (SSSR count). The van der Waals surface area contributed by atoms with Gasteiger partial charge in [-0.1, -0.05) is 18.2 Å². The molecule has 3 heterocycles. The second kappa shape index (κ2) is 9.61. The molecule has 0 aliphatic carbocycles. The lowest BCUT2D eigenvalue weighted by molar-refractivity contribution is -0.130. The molecule has 2 amide bonds. The fourth-order valence-electron chi connectivity index (χ4n) is 4.57. The SMILES string of the molecule is CC(=O)N1CCN(C(=O)c2ccc(C)nc2C2CCN(S(=O)(=O)c3ccccc3)CC2)CC1. The van der Waals surface area contributed by atoms with E-state index in [4.69, 9.17) is 4.98 Å². The molecule has 8 nitrogen and oxygen atoms in total. The van der Waals surface area contributed by atoms with E-state index in [0.717, 1.165) is 11.4 Å². The van der Waals surface area contributed by atoms with Gasteiger partial charge >= 0.3 is 0 Å². The van der Waals surface area contributed by atoms with Crippen molar-refractivity contribution >= 4 is 21.8 Å². The Morgan fingerprint density at radius 2 is 1.48 bits per heavy atom. The minimum Gasteiger partial charge on any atom is -0.339 e. The Balaban J connectivity index is 1.49. The highest BCUT2D eigenvalue weighted by Gasteiger charge is 2.33. The van der Waals surface area contributed by atoms with E-state index >= 15 is 0 Å². The molecule has 33 heavy (non-hydrogen) atoms. The van der Waals surface area contributed by atoms with Crippen LogP contribution in [-0.4, -0.2) is 78.6 Å². The van der Waals surface area contributed by atoms with Gasteiger partial charge in [0.15, 0.2) is 0 Å². The van der Waals surface area contributed by atoms with Crippen LogP contribution >= 0.6 is 0 Å². The number of carbonyl (C=O) groups excluding carboxylic acids is 2. The van der Waals surface area contributed by atoms with E-state index in [1.54, 1.807) is 47.1 Å². The average Bonchev–Trinajstić information content (AvgIpc) is 2.84. The molecule has 0 atom stereocenters. The Morgan fingerprint density at radius 1 is 0.879 bits per heavy atom. The topological polar surface area (TPSA) is 90.9 Å². The predicted octanol–water partition coefficient (Wildman–Crippen LogP) is 2.26. The van der Waals surface area contributed by atoms with Gasteiger partial charge in [0, 0.05) is 57.8 Å². The van der Waals surface area contributed by atoms with Crippen molar-refractivity contribution in [2.75, 3.05) is 39.3 Å². The first kappa shape index (κ1) is 23.4. The molecule has 1 aromatic heterocycles. The highest BCUT2D eigenvalue weighted by Crippen LogP contribution is 2.32. The van der Waals surface area contributed by atoms with Gasteiger partial charge in [-0.3, -0.25) is 14.6 Å². The standard InChI is InChI=1S/C24H30N4O4S/c1-18-8-9-22(24(30)27-16-14-26(15-17-27)19(2)29)23(25-18)20-10-12-28(13-11-20)33(31,32)21-6-4-3-5-7-21/h3-9,20H,10-17H2,1-2H3. The number of hydrogen-bond acceptors (Lipinski definition) is 5. The van der Waals surface area contributed by atoms with Crippen LogP contribution in [0, 0.1) is 6.92 Å². The zero-order chi connectivity index (χ0) is 23.6. The van der Waals surface area contributed by atoms with Crippen molar-refractivity contribution in [1.82, 2.24) is 19.1 Å². The number of piperidine rings is 1. The van der Waals surface area contributed by atoms with Gasteiger partial charge in [0.2, 0.25) is 15.9 Å². The number of sulfonamides is 1. The zero-order valence-electron chi connectivity index (χ0n) is 19.1. The van der Waals surface area contributed by atoms with Crippen LogP contribution in [0.25, 0.3) is 0 Å². The number of nitrogens with zero attached hydrogens (tertiary/aromatic N) is 4. The molecular formula is C24H30N4O4S. The monoisotopic (exact) mass is 470 g/mol. The molecule has 2 aliphatic heterocycles. The summed E-state index contributed by atoms with van der Waals surface area (Å²) >= 11 is 0. The van der Waals surface area contributed by atoms with E-state index in [9.17, 15) is 18.0 Å². The number of aromatic nitrogens is 1. The quantitative estimate of drug-likeness (QED) is 0.684. The number of pyridine rings is 1. The molecule has 1 aromatic carbocycles. The highest BCUT2D eigenvalue weighted by molar-refractivity contribution is 7.89. The molecule has 176 valence electrons. The van der Waals surface area contributed by atoms with Crippen LogP contribution in [0.1, 0.15) is 47.4 Å². The van der Waals surface area contributed by atoms with Crippen molar-refractivity contribution in [3.63, 3.8) is 0 Å². The van der Waals surface area contributed by atoms with Crippen molar-refractivity contribution in [3.05, 3.63) is 59.4 Å². The summed E-state index contributed by atoms with van der Waals surface area (Å²) in [6, 6.07) is 12.2. The average molecular weight is 471 g/mol. The van der Waals surface area contributed by atoms with Crippen LogP contribution in [0.4, 0.5) is 0 Å². The summed E-state index contributed by atoms with van der Waals surface area (Å²) in [5.41, 5.74) is 2.18. The second-order valence-electron chi connectivity index (χ2n) is 8.68. The Hall–Kier alpha value is -2.78. The van der Waals surface area contributed by atoms with Gasteiger partial charge in [-0.05, 0) is 44.0 Å². The fraction of sp³-hybridized carbons (Fsp3) is 0.458. The van der Waals surface area contributed by atoms with Gasteiger partial charge in [0.25, 0.3) is 5.91 Å². The number of aryl methyl sites for hydroxylation is 1. The Labute approximate surface area is 195 Å². The number of piperazine rings is 1. The van der Waals surface area contributed by atoms with Crippen molar-refractivity contribution in [1.29, 1.82) is 0 Å². The van der Waals surface area contributed by atoms with E-state index in [1.807, 2.05) is 19.1 Å². The number of carbonyl (C=O) groups is 2. The van der Waals surface area contributed by atoms with Gasteiger partial charge in [-0.15, -0.1) is 0 Å². The third-order valence-electron chi connectivity index (χ3n) is 6.53. The first-order valence-corrected chi connectivity index (χ1v) is 12.8. The van der Waals surface area contributed by atoms with E-state index in [-0.39, 0.29) is 17.7 Å². The number of rotatable bonds is 4. The Bertz CT molecular complexity index is 1120. The lowest BCUT2D eigenvalue weighted by Gasteiger charge is -2.35. The molecule has 2 fully saturated rings. The van der Waals surface area contributed by atoms with Crippen molar-refractivity contribution in [2.24, 2.45) is 0 Å². The molecule has 0 unspecified atom stereocenters. The molecule has 2 aromatic rings. The summed E-state index contributed by atoms with van der Waals surface area (Å²) in [6.07, 6.45) is 1.22. The predicted molar refractivity (Wildman–Crippen MR) is 124 cm³/mol. The second-order valence-corrected chi connectivity index (χ2v) is 10.6. The Morgan fingerprint density at radius 3 is 2.09 bits per heavy atom. The van der Waals surface area contributed by atoms with Crippen LogP contribution in [0.5, 0.6) is 0 Å². The third kappa shape index (κ3) is 4.94. The molecule has 0 bridgehead atoms. The summed E-state index contributed by atoms with van der Waals surface area (Å²) in [5, 5.41) is 0. The molecular weight excluding hydrogens is 440 g/mol. The van der Waals surface area contributed by atoms with E-state index in [0.29, 0.717) is 62.6 Å². The maximum absolute atomic E-state index is 13.3. The molecule has 2 aliphatic rings. The lowest BCUT2D eigenvalue weighted by atomic mass is 9.90. The molecule has 0 saturated carbocycles. The lowest BCUT2D eigenvalue weighted by Crippen LogP contribution is -2.50. The van der Waals surface area contributed by atoms with Gasteiger partial charge in [-0.2, -0.15) is 4.31 Å². The maximum atomic E-state index is 13.3. The maximum Gasteiger partial charge on any atom is 0.255 e. The first-order valence-electron chi connectivity index (χ1n) is 11.3. The van der Waals surface area contributed by atoms with Gasteiger partial charge in [0.05, 0.1) is 16.2 Å². The highest BCUT2D eigenvalue weighted by atomic mass is 32.2. The zero-order valence-corrected chi connectivity index (χ0v) is 19.9. The largest absolute Gasteiger partial charge is 0.339 e. The number of benzene rings is 1. The minimum absolute atomic E-state index is 0.0181. The summed E-state index contributed by atoms with van der Waals surface area (Å²) < 4.78 is 27.4. The fourth-order valence-corrected chi connectivity index (χ4v) is 6.07. The normalized spacial score (nSPS) is 18.4. The van der Waals surface area contributed by atoms with Gasteiger partial charge in [-0.25, -0.2) is 8.42 Å². The van der Waals surface area contributed by atoms with Crippen LogP contribution in [0.15, 0.2) is 47.4 Å². The number of hydrogen-bond donors (Lipinski definition) is 0. The Kier molecular flexibility index (Phi) is 6.81. The minimum atomic E-state index is -3.53. The van der Waals surface area contributed by atoms with Gasteiger partial charge in [0.1, 0.15) is 0 Å². The van der Waals surface area contributed by atoms with E-state index < -0.39 is 10.0 Å². The summed E-state index contributed by atoms with van der Waals surface area (Å²) in [4.78, 5) is 33.5. The third-order valence-corrected chi connectivity index (χ3v) is 8.44.